The summed E-state index contributed by atoms with van der Waals surface area (Å²) < 4.78 is 4.21. The van der Waals surface area contributed by atoms with Crippen LogP contribution < -0.4 is 5.32 Å². The van der Waals surface area contributed by atoms with Crippen molar-refractivity contribution in [2.75, 3.05) is 31.5 Å². The molecule has 2 heterocycles. The molecule has 1 fully saturated rings. The Hall–Kier alpha value is -1.12. The lowest BCUT2D eigenvalue weighted by Crippen LogP contribution is -2.34. The molecule has 0 amide bonds. The molecule has 104 valence electrons. The molecule has 1 aromatic rings. The van der Waals surface area contributed by atoms with Crippen LogP contribution in [0.15, 0.2) is 0 Å². The number of nitriles is 1. The molecule has 19 heavy (non-hydrogen) atoms. The van der Waals surface area contributed by atoms with Crippen LogP contribution in [0.2, 0.25) is 0 Å². The van der Waals surface area contributed by atoms with Crippen LogP contribution in [0, 0.1) is 24.2 Å². The maximum absolute atomic E-state index is 9.04. The van der Waals surface area contributed by atoms with Gasteiger partial charge in [0.1, 0.15) is 16.6 Å². The minimum Gasteiger partial charge on any atom is -0.375 e. The molecule has 1 saturated heterocycles. The fraction of sp³-hybridized carbons (Fsp3) is 0.714. The quantitative estimate of drug-likeness (QED) is 0.841. The number of anilines is 1. The van der Waals surface area contributed by atoms with Crippen LogP contribution in [0.3, 0.4) is 0 Å². The summed E-state index contributed by atoms with van der Waals surface area (Å²) in [5.74, 6) is 0.896. The minimum absolute atomic E-state index is 0.705. The average molecular weight is 278 g/mol. The number of nitrogens with zero attached hydrogens (tertiary/aromatic N) is 3. The second-order valence-electron chi connectivity index (χ2n) is 5.39. The number of piperidine rings is 1. The van der Waals surface area contributed by atoms with Crippen molar-refractivity contribution in [1.29, 1.82) is 5.26 Å². The van der Waals surface area contributed by atoms with Gasteiger partial charge in [0.05, 0.1) is 5.69 Å². The van der Waals surface area contributed by atoms with Gasteiger partial charge < -0.3 is 10.2 Å². The van der Waals surface area contributed by atoms with Crippen molar-refractivity contribution in [3.05, 3.63) is 11.3 Å². The predicted molar refractivity (Wildman–Crippen MR) is 79.5 cm³/mol. The van der Waals surface area contributed by atoms with Crippen LogP contribution >= 0.6 is 11.5 Å². The van der Waals surface area contributed by atoms with Crippen molar-refractivity contribution < 1.29 is 0 Å². The smallest absolute Gasteiger partial charge is 0.127 e. The number of rotatable bonds is 5. The van der Waals surface area contributed by atoms with Gasteiger partial charge >= 0.3 is 0 Å². The molecule has 0 aliphatic carbocycles. The fourth-order valence-corrected chi connectivity index (χ4v) is 3.18. The Balaban J connectivity index is 1.68. The first-order valence-corrected chi connectivity index (χ1v) is 7.80. The SMILES string of the molecule is Cc1nsc(NCCCN2CCC(C)CC2)c1C#N. The molecule has 1 N–H and O–H groups in total. The maximum atomic E-state index is 9.04. The molecule has 4 nitrogen and oxygen atoms in total. The molecule has 0 atom stereocenters. The Labute approximate surface area is 119 Å². The average Bonchev–Trinajstić information content (AvgIpc) is 2.77. The highest BCUT2D eigenvalue weighted by atomic mass is 32.1. The van der Waals surface area contributed by atoms with Crippen molar-refractivity contribution in [1.82, 2.24) is 9.27 Å². The van der Waals surface area contributed by atoms with E-state index in [0.717, 1.165) is 36.1 Å². The van der Waals surface area contributed by atoms with Gasteiger partial charge in [0.25, 0.3) is 0 Å². The first-order chi connectivity index (χ1) is 9.20. The summed E-state index contributed by atoms with van der Waals surface area (Å²) in [6.07, 6.45) is 3.79. The zero-order chi connectivity index (χ0) is 13.7. The van der Waals surface area contributed by atoms with Crippen LogP contribution in [0.1, 0.15) is 37.4 Å². The molecule has 1 aromatic heterocycles. The lowest BCUT2D eigenvalue weighted by Gasteiger charge is -2.30. The molecular formula is C14H22N4S. The molecule has 0 radical (unpaired) electrons. The monoisotopic (exact) mass is 278 g/mol. The van der Waals surface area contributed by atoms with Gasteiger partial charge in [-0.2, -0.15) is 9.64 Å². The zero-order valence-corrected chi connectivity index (χ0v) is 12.6. The third kappa shape index (κ3) is 3.92. The normalized spacial score (nSPS) is 17.3. The summed E-state index contributed by atoms with van der Waals surface area (Å²) in [6, 6.07) is 2.21. The highest BCUT2D eigenvalue weighted by Crippen LogP contribution is 2.23. The van der Waals surface area contributed by atoms with Gasteiger partial charge in [-0.1, -0.05) is 6.92 Å². The van der Waals surface area contributed by atoms with Gasteiger partial charge in [0, 0.05) is 6.54 Å². The number of hydrogen-bond donors (Lipinski definition) is 1. The van der Waals surface area contributed by atoms with Crippen molar-refractivity contribution in [3.63, 3.8) is 0 Å². The summed E-state index contributed by atoms with van der Waals surface area (Å²) in [5, 5.41) is 13.3. The summed E-state index contributed by atoms with van der Waals surface area (Å²) in [4.78, 5) is 2.55. The van der Waals surface area contributed by atoms with Gasteiger partial charge in [-0.3, -0.25) is 0 Å². The molecule has 0 aromatic carbocycles. The summed E-state index contributed by atoms with van der Waals surface area (Å²) in [5.41, 5.74) is 1.54. The number of aromatic nitrogens is 1. The van der Waals surface area contributed by atoms with Crippen molar-refractivity contribution in [3.8, 4) is 6.07 Å². The maximum Gasteiger partial charge on any atom is 0.127 e. The van der Waals surface area contributed by atoms with E-state index in [9.17, 15) is 0 Å². The fourth-order valence-electron chi connectivity index (χ4n) is 2.41. The van der Waals surface area contributed by atoms with Crippen LogP contribution in [-0.2, 0) is 0 Å². The van der Waals surface area contributed by atoms with E-state index in [1.165, 1.54) is 37.5 Å². The van der Waals surface area contributed by atoms with E-state index in [4.69, 9.17) is 5.26 Å². The Bertz CT molecular complexity index is 441. The summed E-state index contributed by atoms with van der Waals surface area (Å²) in [7, 11) is 0. The first-order valence-electron chi connectivity index (χ1n) is 7.03. The third-order valence-corrected chi connectivity index (χ3v) is 4.68. The van der Waals surface area contributed by atoms with Crippen molar-refractivity contribution >= 4 is 16.5 Å². The van der Waals surface area contributed by atoms with E-state index in [1.807, 2.05) is 6.92 Å². The van der Waals surface area contributed by atoms with E-state index >= 15 is 0 Å². The Morgan fingerprint density at radius 2 is 2.21 bits per heavy atom. The lowest BCUT2D eigenvalue weighted by atomic mass is 9.99. The molecule has 0 spiro atoms. The Morgan fingerprint density at radius 1 is 1.47 bits per heavy atom. The predicted octanol–water partition coefficient (Wildman–Crippen LogP) is 2.86. The van der Waals surface area contributed by atoms with Crippen LogP contribution in [0.4, 0.5) is 5.00 Å². The molecule has 0 saturated carbocycles. The molecule has 5 heteroatoms. The van der Waals surface area contributed by atoms with Gasteiger partial charge in [-0.15, -0.1) is 0 Å². The van der Waals surface area contributed by atoms with Gasteiger partial charge in [0.2, 0.25) is 0 Å². The van der Waals surface area contributed by atoms with Crippen LogP contribution in [0.5, 0.6) is 0 Å². The molecule has 0 unspecified atom stereocenters. The number of hydrogen-bond acceptors (Lipinski definition) is 5. The molecular weight excluding hydrogens is 256 g/mol. The van der Waals surface area contributed by atoms with Gasteiger partial charge in [-0.25, -0.2) is 0 Å². The number of nitrogens with one attached hydrogen (secondary N) is 1. The van der Waals surface area contributed by atoms with Crippen molar-refractivity contribution in [2.45, 2.75) is 33.1 Å². The number of aryl methyl sites for hydroxylation is 1. The van der Waals surface area contributed by atoms with Crippen LogP contribution in [-0.4, -0.2) is 35.5 Å². The Kier molecular flexibility index (Phi) is 5.17. The highest BCUT2D eigenvalue weighted by Gasteiger charge is 2.15. The molecule has 2 rings (SSSR count). The third-order valence-electron chi connectivity index (χ3n) is 3.79. The second kappa shape index (κ2) is 6.88. The van der Waals surface area contributed by atoms with E-state index in [0.29, 0.717) is 5.56 Å². The second-order valence-corrected chi connectivity index (χ2v) is 6.16. The largest absolute Gasteiger partial charge is 0.375 e. The topological polar surface area (TPSA) is 52.0 Å². The van der Waals surface area contributed by atoms with Crippen molar-refractivity contribution in [2.24, 2.45) is 5.92 Å². The summed E-state index contributed by atoms with van der Waals surface area (Å²) in [6.45, 7) is 8.78. The van der Waals surface area contributed by atoms with E-state index < -0.39 is 0 Å². The standard InChI is InChI=1S/C14H22N4S/c1-11-4-8-18(9-5-11)7-3-6-16-14-13(10-15)12(2)17-19-14/h11,16H,3-9H2,1-2H3. The van der Waals surface area contributed by atoms with E-state index in [2.05, 4.69) is 27.6 Å². The molecule has 0 bridgehead atoms. The van der Waals surface area contributed by atoms with E-state index in [-0.39, 0.29) is 0 Å². The highest BCUT2D eigenvalue weighted by molar-refractivity contribution is 7.10. The van der Waals surface area contributed by atoms with Crippen LogP contribution in [0.25, 0.3) is 0 Å². The molecule has 1 aliphatic rings. The van der Waals surface area contributed by atoms with Gasteiger partial charge in [-0.05, 0) is 63.3 Å². The summed E-state index contributed by atoms with van der Waals surface area (Å²) >= 11 is 1.39. The zero-order valence-electron chi connectivity index (χ0n) is 11.8. The van der Waals surface area contributed by atoms with Gasteiger partial charge in [0.15, 0.2) is 0 Å². The Morgan fingerprint density at radius 3 is 2.89 bits per heavy atom. The lowest BCUT2D eigenvalue weighted by molar-refractivity contribution is 0.192. The van der Waals surface area contributed by atoms with E-state index in [1.54, 1.807) is 0 Å². The minimum atomic E-state index is 0.705. The first kappa shape index (κ1) is 14.3. The molecule has 1 aliphatic heterocycles. The number of likely N-dealkylation sites (tertiary alicyclic amines) is 1.